The Kier molecular flexibility index (Phi) is 4.08. The number of hydrogen-bond acceptors (Lipinski definition) is 4. The van der Waals surface area contributed by atoms with Crippen LogP contribution in [0.4, 0.5) is 0 Å². The van der Waals surface area contributed by atoms with Gasteiger partial charge in [0.05, 0.1) is 10.4 Å². The molecule has 0 aliphatic heterocycles. The average molecular weight is 423 g/mol. The molecular formula is C25H15ClN4O. The molecule has 3 heterocycles. The minimum atomic E-state index is 0.517. The van der Waals surface area contributed by atoms with Gasteiger partial charge < -0.3 is 4.42 Å². The second-order valence-corrected chi connectivity index (χ2v) is 7.55. The number of aromatic nitrogens is 4. The van der Waals surface area contributed by atoms with Crippen molar-refractivity contribution in [3.8, 4) is 33.8 Å². The quantitative estimate of drug-likeness (QED) is 0.325. The van der Waals surface area contributed by atoms with Gasteiger partial charge in [-0.15, -0.1) is 5.10 Å². The Bertz CT molecular complexity index is 1540. The first-order chi connectivity index (χ1) is 15.3. The van der Waals surface area contributed by atoms with Gasteiger partial charge in [-0.05, 0) is 17.7 Å². The van der Waals surface area contributed by atoms with Crippen molar-refractivity contribution in [3.05, 3.63) is 96.3 Å². The molecule has 0 amide bonds. The van der Waals surface area contributed by atoms with E-state index in [1.54, 1.807) is 10.8 Å². The summed E-state index contributed by atoms with van der Waals surface area (Å²) in [5, 5.41) is 6.05. The summed E-state index contributed by atoms with van der Waals surface area (Å²) in [6.45, 7) is 0. The summed E-state index contributed by atoms with van der Waals surface area (Å²) in [5.74, 6) is 1.30. The Morgan fingerprint density at radius 3 is 2.19 bits per heavy atom. The molecule has 6 aromatic rings. The normalized spacial score (nSPS) is 11.4. The van der Waals surface area contributed by atoms with Crippen molar-refractivity contribution in [1.29, 1.82) is 0 Å². The number of hydrogen-bond donors (Lipinski definition) is 0. The number of nitrogens with zero attached hydrogens (tertiary/aromatic N) is 4. The molecule has 0 bridgehead atoms. The minimum absolute atomic E-state index is 0.517. The van der Waals surface area contributed by atoms with Crippen molar-refractivity contribution in [2.75, 3.05) is 0 Å². The molecule has 0 aliphatic carbocycles. The fourth-order valence-electron chi connectivity index (χ4n) is 3.83. The van der Waals surface area contributed by atoms with Crippen LogP contribution >= 0.6 is 11.6 Å². The Balaban J connectivity index is 1.70. The molecule has 0 unspecified atom stereocenters. The van der Waals surface area contributed by atoms with Crippen LogP contribution in [0.25, 0.3) is 50.6 Å². The van der Waals surface area contributed by atoms with Crippen LogP contribution in [-0.2, 0) is 0 Å². The van der Waals surface area contributed by atoms with Gasteiger partial charge in [0.2, 0.25) is 5.71 Å². The van der Waals surface area contributed by atoms with E-state index in [2.05, 4.69) is 22.2 Å². The van der Waals surface area contributed by atoms with E-state index in [0.717, 1.165) is 33.4 Å². The van der Waals surface area contributed by atoms with Crippen LogP contribution in [0.1, 0.15) is 0 Å². The lowest BCUT2D eigenvalue weighted by Crippen LogP contribution is -1.90. The van der Waals surface area contributed by atoms with Gasteiger partial charge in [0.1, 0.15) is 12.1 Å². The van der Waals surface area contributed by atoms with E-state index in [4.69, 9.17) is 21.0 Å². The molecule has 0 N–H and O–H groups in total. The maximum absolute atomic E-state index is 6.39. The molecular weight excluding hydrogens is 408 g/mol. The van der Waals surface area contributed by atoms with Crippen LogP contribution in [-0.4, -0.2) is 19.6 Å². The predicted molar refractivity (Wildman–Crippen MR) is 122 cm³/mol. The van der Waals surface area contributed by atoms with Crippen LogP contribution in [0, 0.1) is 0 Å². The first-order valence-electron chi connectivity index (χ1n) is 9.83. The molecule has 31 heavy (non-hydrogen) atoms. The third-order valence-corrected chi connectivity index (χ3v) is 5.57. The van der Waals surface area contributed by atoms with E-state index < -0.39 is 0 Å². The Labute approximate surface area is 182 Å². The van der Waals surface area contributed by atoms with E-state index in [-0.39, 0.29) is 0 Å². The Morgan fingerprint density at radius 1 is 0.774 bits per heavy atom. The monoisotopic (exact) mass is 422 g/mol. The summed E-state index contributed by atoms with van der Waals surface area (Å²) in [4.78, 5) is 9.36. The predicted octanol–water partition coefficient (Wildman–Crippen LogP) is 6.52. The number of benzene rings is 3. The van der Waals surface area contributed by atoms with Crippen molar-refractivity contribution in [2.45, 2.75) is 0 Å². The SMILES string of the molecule is Clc1ccccc1-c1nc2c3c(-c4ccccc4)c(-c4ccccc4)oc3ncn2n1. The van der Waals surface area contributed by atoms with Gasteiger partial charge >= 0.3 is 0 Å². The standard InChI is InChI=1S/C25H15ClN4O/c26-19-14-8-7-13-18(19)23-28-24-21-20(16-9-3-1-4-10-16)22(17-11-5-2-6-12-17)31-25(21)27-15-30(24)29-23/h1-15H. The highest BCUT2D eigenvalue weighted by Gasteiger charge is 2.23. The summed E-state index contributed by atoms with van der Waals surface area (Å²) in [6, 6.07) is 27.7. The molecule has 3 aromatic carbocycles. The Hall–Kier alpha value is -3.96. The average Bonchev–Trinajstić information content (AvgIpc) is 3.42. The lowest BCUT2D eigenvalue weighted by Gasteiger charge is -2.03. The van der Waals surface area contributed by atoms with Crippen LogP contribution < -0.4 is 0 Å². The minimum Gasteiger partial charge on any atom is -0.437 e. The largest absolute Gasteiger partial charge is 0.437 e. The fourth-order valence-corrected chi connectivity index (χ4v) is 4.05. The zero-order valence-corrected chi connectivity index (χ0v) is 17.0. The molecule has 0 spiro atoms. The van der Waals surface area contributed by atoms with Crippen molar-refractivity contribution in [1.82, 2.24) is 19.6 Å². The highest BCUT2D eigenvalue weighted by molar-refractivity contribution is 6.33. The van der Waals surface area contributed by atoms with Crippen LogP contribution in [0.3, 0.4) is 0 Å². The third kappa shape index (κ3) is 2.90. The van der Waals surface area contributed by atoms with Gasteiger partial charge in [0, 0.05) is 16.7 Å². The maximum Gasteiger partial charge on any atom is 0.232 e. The molecule has 0 atom stereocenters. The first kappa shape index (κ1) is 17.9. The Morgan fingerprint density at radius 2 is 1.45 bits per heavy atom. The lowest BCUT2D eigenvalue weighted by atomic mass is 9.99. The summed E-state index contributed by atoms with van der Waals surface area (Å²) < 4.78 is 7.95. The topological polar surface area (TPSA) is 56.2 Å². The molecule has 5 nitrogen and oxygen atoms in total. The van der Waals surface area contributed by atoms with E-state index in [1.807, 2.05) is 72.8 Å². The molecule has 148 valence electrons. The summed E-state index contributed by atoms with van der Waals surface area (Å²) in [5.41, 5.74) is 4.90. The van der Waals surface area contributed by atoms with Gasteiger partial charge in [-0.2, -0.15) is 0 Å². The van der Waals surface area contributed by atoms with E-state index >= 15 is 0 Å². The van der Waals surface area contributed by atoms with Crippen molar-refractivity contribution >= 4 is 28.3 Å². The highest BCUT2D eigenvalue weighted by atomic mass is 35.5. The second kappa shape index (κ2) is 7.07. The van der Waals surface area contributed by atoms with Gasteiger partial charge in [-0.1, -0.05) is 84.4 Å². The number of fused-ring (bicyclic) bond motifs is 3. The van der Waals surface area contributed by atoms with Crippen LogP contribution in [0.2, 0.25) is 5.02 Å². The summed E-state index contributed by atoms with van der Waals surface area (Å²) in [6.07, 6.45) is 1.62. The molecule has 0 radical (unpaired) electrons. The highest BCUT2D eigenvalue weighted by Crippen LogP contribution is 2.41. The van der Waals surface area contributed by atoms with Crippen molar-refractivity contribution < 1.29 is 4.42 Å². The van der Waals surface area contributed by atoms with E-state index in [0.29, 0.717) is 22.2 Å². The number of furan rings is 1. The van der Waals surface area contributed by atoms with Crippen molar-refractivity contribution in [2.24, 2.45) is 0 Å². The third-order valence-electron chi connectivity index (χ3n) is 5.24. The fraction of sp³-hybridized carbons (Fsp3) is 0. The smallest absolute Gasteiger partial charge is 0.232 e. The lowest BCUT2D eigenvalue weighted by molar-refractivity contribution is 0.617. The van der Waals surface area contributed by atoms with Gasteiger partial charge in [-0.25, -0.2) is 14.5 Å². The molecule has 0 saturated heterocycles. The molecule has 0 aliphatic rings. The molecule has 0 fully saturated rings. The molecule has 0 saturated carbocycles. The van der Waals surface area contributed by atoms with Crippen LogP contribution in [0.5, 0.6) is 0 Å². The summed E-state index contributed by atoms with van der Waals surface area (Å²) in [7, 11) is 0. The molecule has 6 rings (SSSR count). The summed E-state index contributed by atoms with van der Waals surface area (Å²) >= 11 is 6.39. The zero-order chi connectivity index (χ0) is 20.8. The molecule has 3 aromatic heterocycles. The van der Waals surface area contributed by atoms with Gasteiger partial charge in [0.15, 0.2) is 11.5 Å². The first-order valence-corrected chi connectivity index (χ1v) is 10.2. The second-order valence-electron chi connectivity index (χ2n) is 7.15. The van der Waals surface area contributed by atoms with Gasteiger partial charge in [0.25, 0.3) is 0 Å². The zero-order valence-electron chi connectivity index (χ0n) is 16.2. The van der Waals surface area contributed by atoms with Gasteiger partial charge in [-0.3, -0.25) is 0 Å². The van der Waals surface area contributed by atoms with Crippen molar-refractivity contribution in [3.63, 3.8) is 0 Å². The number of halogens is 1. The number of rotatable bonds is 3. The van der Waals surface area contributed by atoms with E-state index in [9.17, 15) is 0 Å². The van der Waals surface area contributed by atoms with E-state index in [1.165, 1.54) is 0 Å². The molecule has 6 heteroatoms. The van der Waals surface area contributed by atoms with Crippen LogP contribution in [0.15, 0.2) is 95.7 Å². The maximum atomic E-state index is 6.39.